The van der Waals surface area contributed by atoms with Crippen LogP contribution < -0.4 is 14.4 Å². The number of carbonyl (C=O) groups excluding carboxylic acids is 1. The van der Waals surface area contributed by atoms with Crippen molar-refractivity contribution >= 4 is 56.7 Å². The molecule has 1 aliphatic heterocycles. The number of rotatable bonds is 7. The molecule has 1 amide bonds. The van der Waals surface area contributed by atoms with Crippen molar-refractivity contribution in [2.75, 3.05) is 11.5 Å². The minimum absolute atomic E-state index is 0.155. The van der Waals surface area contributed by atoms with Gasteiger partial charge in [-0.2, -0.15) is 5.26 Å². The largest absolute Gasteiger partial charge is 0.490 e. The standard InChI is InChI=1S/C30H22N2O3S2/c1-2-34-27-16-20(14-15-26(27)35-19-23-10-4-3-9-22(23)18-31)17-28-29(33)32(30(36)37-28)25-13-7-11-21-8-5-6-12-24(21)25/h3-17H,2,19H2,1H3/b28-17-. The van der Waals surface area contributed by atoms with Crippen molar-refractivity contribution in [3.05, 3.63) is 107 Å². The Balaban J connectivity index is 1.41. The summed E-state index contributed by atoms with van der Waals surface area (Å²) in [5.74, 6) is 0.975. The van der Waals surface area contributed by atoms with Crippen molar-refractivity contribution in [2.45, 2.75) is 13.5 Å². The van der Waals surface area contributed by atoms with E-state index in [-0.39, 0.29) is 12.5 Å². The molecule has 0 bridgehead atoms. The number of thioether (sulfide) groups is 1. The van der Waals surface area contributed by atoms with E-state index in [0.29, 0.717) is 32.9 Å². The first-order valence-corrected chi connectivity index (χ1v) is 12.9. The molecule has 182 valence electrons. The van der Waals surface area contributed by atoms with E-state index in [4.69, 9.17) is 21.7 Å². The molecule has 0 radical (unpaired) electrons. The maximum atomic E-state index is 13.4. The smallest absolute Gasteiger partial charge is 0.270 e. The maximum absolute atomic E-state index is 13.4. The van der Waals surface area contributed by atoms with E-state index in [1.165, 1.54) is 11.8 Å². The number of amides is 1. The number of nitriles is 1. The Bertz CT molecular complexity index is 1580. The fourth-order valence-electron chi connectivity index (χ4n) is 4.14. The summed E-state index contributed by atoms with van der Waals surface area (Å²) in [5, 5.41) is 11.4. The molecule has 0 N–H and O–H groups in total. The van der Waals surface area contributed by atoms with Gasteiger partial charge in [0.25, 0.3) is 5.91 Å². The fraction of sp³-hybridized carbons (Fsp3) is 0.100. The number of thiocarbonyl (C=S) groups is 1. The van der Waals surface area contributed by atoms with Crippen LogP contribution in [0, 0.1) is 11.3 Å². The highest BCUT2D eigenvalue weighted by atomic mass is 32.2. The second-order valence-corrected chi connectivity index (χ2v) is 9.89. The lowest BCUT2D eigenvalue weighted by atomic mass is 10.1. The third kappa shape index (κ3) is 5.08. The zero-order chi connectivity index (χ0) is 25.8. The number of nitrogens with zero attached hydrogens (tertiary/aromatic N) is 2. The van der Waals surface area contributed by atoms with Crippen LogP contribution in [0.25, 0.3) is 16.8 Å². The summed E-state index contributed by atoms with van der Waals surface area (Å²) in [4.78, 5) is 15.6. The van der Waals surface area contributed by atoms with Gasteiger partial charge in [0.2, 0.25) is 0 Å². The molecule has 4 aromatic carbocycles. The van der Waals surface area contributed by atoms with Gasteiger partial charge in [-0.05, 0) is 48.2 Å². The fourth-order valence-corrected chi connectivity index (χ4v) is 5.43. The number of benzene rings is 4. The van der Waals surface area contributed by atoms with Gasteiger partial charge in [-0.15, -0.1) is 0 Å². The van der Waals surface area contributed by atoms with Crippen LogP contribution in [-0.4, -0.2) is 16.8 Å². The summed E-state index contributed by atoms with van der Waals surface area (Å²) in [6.07, 6.45) is 1.82. The van der Waals surface area contributed by atoms with Gasteiger partial charge in [0.15, 0.2) is 15.8 Å². The number of carbonyl (C=O) groups is 1. The molecule has 5 nitrogen and oxygen atoms in total. The quantitative estimate of drug-likeness (QED) is 0.191. The molecule has 0 aromatic heterocycles. The van der Waals surface area contributed by atoms with Crippen LogP contribution in [0.4, 0.5) is 5.69 Å². The normalized spacial score (nSPS) is 14.3. The van der Waals surface area contributed by atoms with Gasteiger partial charge in [0.1, 0.15) is 6.61 Å². The molecular weight excluding hydrogens is 500 g/mol. The Labute approximate surface area is 224 Å². The van der Waals surface area contributed by atoms with Gasteiger partial charge in [0.05, 0.1) is 28.8 Å². The van der Waals surface area contributed by atoms with Crippen LogP contribution in [0.2, 0.25) is 0 Å². The van der Waals surface area contributed by atoms with E-state index in [1.807, 2.05) is 91.9 Å². The number of hydrogen-bond donors (Lipinski definition) is 0. The first-order valence-electron chi connectivity index (χ1n) is 11.7. The molecule has 7 heteroatoms. The molecule has 5 rings (SSSR count). The number of anilines is 1. The summed E-state index contributed by atoms with van der Waals surface area (Å²) in [7, 11) is 0. The molecule has 0 saturated carbocycles. The lowest BCUT2D eigenvalue weighted by Gasteiger charge is -2.17. The van der Waals surface area contributed by atoms with Crippen LogP contribution in [0.1, 0.15) is 23.6 Å². The first kappa shape index (κ1) is 24.6. The van der Waals surface area contributed by atoms with Crippen molar-refractivity contribution in [1.82, 2.24) is 0 Å². The molecule has 0 unspecified atom stereocenters. The van der Waals surface area contributed by atoms with Crippen molar-refractivity contribution < 1.29 is 14.3 Å². The van der Waals surface area contributed by atoms with Crippen LogP contribution in [-0.2, 0) is 11.4 Å². The molecule has 1 heterocycles. The molecular formula is C30H22N2O3S2. The van der Waals surface area contributed by atoms with Crippen LogP contribution >= 0.6 is 24.0 Å². The SMILES string of the molecule is CCOc1cc(/C=C2\SC(=S)N(c3cccc4ccccc34)C2=O)ccc1OCc1ccccc1C#N. The van der Waals surface area contributed by atoms with E-state index >= 15 is 0 Å². The molecule has 1 fully saturated rings. The average Bonchev–Trinajstić information content (AvgIpc) is 3.20. The minimum Gasteiger partial charge on any atom is -0.490 e. The van der Waals surface area contributed by atoms with Gasteiger partial charge in [0, 0.05) is 10.9 Å². The molecule has 1 aliphatic rings. The third-order valence-corrected chi connectivity index (χ3v) is 7.19. The second-order valence-electron chi connectivity index (χ2n) is 8.21. The Kier molecular flexibility index (Phi) is 7.22. The van der Waals surface area contributed by atoms with Crippen LogP contribution in [0.3, 0.4) is 0 Å². The van der Waals surface area contributed by atoms with E-state index < -0.39 is 0 Å². The molecule has 37 heavy (non-hydrogen) atoms. The molecule has 1 saturated heterocycles. The second kappa shape index (κ2) is 10.9. The van der Waals surface area contributed by atoms with Crippen molar-refractivity contribution in [1.29, 1.82) is 5.26 Å². The summed E-state index contributed by atoms with van der Waals surface area (Å²) < 4.78 is 12.3. The minimum atomic E-state index is -0.155. The Morgan fingerprint density at radius 3 is 2.59 bits per heavy atom. The number of ether oxygens (including phenoxy) is 2. The summed E-state index contributed by atoms with van der Waals surface area (Å²) >= 11 is 6.89. The summed E-state index contributed by atoms with van der Waals surface area (Å²) in [6, 6.07) is 28.9. The van der Waals surface area contributed by atoms with Gasteiger partial charge in [-0.3, -0.25) is 9.69 Å². The Morgan fingerprint density at radius 1 is 0.973 bits per heavy atom. The Hall–Kier alpha value is -4.12. The molecule has 4 aromatic rings. The van der Waals surface area contributed by atoms with Gasteiger partial charge in [-0.1, -0.05) is 84.6 Å². The number of hydrogen-bond acceptors (Lipinski definition) is 6. The third-order valence-electron chi connectivity index (χ3n) is 5.89. The first-order chi connectivity index (χ1) is 18.1. The van der Waals surface area contributed by atoms with Crippen LogP contribution in [0.5, 0.6) is 11.5 Å². The van der Waals surface area contributed by atoms with Crippen molar-refractivity contribution in [2.24, 2.45) is 0 Å². The predicted molar refractivity (Wildman–Crippen MR) is 153 cm³/mol. The van der Waals surface area contributed by atoms with Gasteiger partial charge in [-0.25, -0.2) is 0 Å². The zero-order valence-electron chi connectivity index (χ0n) is 20.0. The zero-order valence-corrected chi connectivity index (χ0v) is 21.6. The van der Waals surface area contributed by atoms with Gasteiger partial charge >= 0.3 is 0 Å². The molecule has 0 spiro atoms. The average molecular weight is 523 g/mol. The van der Waals surface area contributed by atoms with Crippen molar-refractivity contribution in [3.8, 4) is 17.6 Å². The topological polar surface area (TPSA) is 62.6 Å². The lowest BCUT2D eigenvalue weighted by molar-refractivity contribution is -0.113. The monoisotopic (exact) mass is 522 g/mol. The highest BCUT2D eigenvalue weighted by Crippen LogP contribution is 2.39. The predicted octanol–water partition coefficient (Wildman–Crippen LogP) is 7.09. The van der Waals surface area contributed by atoms with Gasteiger partial charge < -0.3 is 9.47 Å². The highest BCUT2D eigenvalue weighted by Gasteiger charge is 2.34. The van der Waals surface area contributed by atoms with E-state index in [1.54, 1.807) is 11.0 Å². The summed E-state index contributed by atoms with van der Waals surface area (Å²) in [5.41, 5.74) is 2.95. The highest BCUT2D eigenvalue weighted by molar-refractivity contribution is 8.27. The van der Waals surface area contributed by atoms with E-state index in [9.17, 15) is 10.1 Å². The Morgan fingerprint density at radius 2 is 1.76 bits per heavy atom. The molecule has 0 aliphatic carbocycles. The summed E-state index contributed by atoms with van der Waals surface area (Å²) in [6.45, 7) is 2.60. The van der Waals surface area contributed by atoms with Crippen molar-refractivity contribution in [3.63, 3.8) is 0 Å². The van der Waals surface area contributed by atoms with E-state index in [0.717, 1.165) is 27.6 Å². The number of fused-ring (bicyclic) bond motifs is 1. The lowest BCUT2D eigenvalue weighted by Crippen LogP contribution is -2.27. The van der Waals surface area contributed by atoms with E-state index in [2.05, 4.69) is 6.07 Å². The molecule has 0 atom stereocenters. The maximum Gasteiger partial charge on any atom is 0.270 e. The van der Waals surface area contributed by atoms with Crippen LogP contribution in [0.15, 0.2) is 89.8 Å².